The molecule has 5 nitrogen and oxygen atoms in total. The maximum absolute atomic E-state index is 10.8. The monoisotopic (exact) mass is 254 g/mol. The molecule has 0 aliphatic heterocycles. The fraction of sp³-hybridized carbons (Fsp3) is 0.0714. The second kappa shape index (κ2) is 5.65. The number of hydrogen-bond acceptors (Lipinski definition) is 4. The van der Waals surface area contributed by atoms with Crippen LogP contribution in [0.2, 0.25) is 0 Å². The number of carboxylic acid groups (broad SMARTS) is 1. The fourth-order valence-corrected chi connectivity index (χ4v) is 1.49. The van der Waals surface area contributed by atoms with Crippen LogP contribution in [0.3, 0.4) is 0 Å². The third-order valence-corrected chi connectivity index (χ3v) is 2.41. The first-order chi connectivity index (χ1) is 9.19. The molecule has 0 radical (unpaired) electrons. The molecule has 5 heteroatoms. The molecule has 1 N–H and O–H groups in total. The summed E-state index contributed by atoms with van der Waals surface area (Å²) < 4.78 is 5.44. The summed E-state index contributed by atoms with van der Waals surface area (Å²) in [7, 11) is 0. The van der Waals surface area contributed by atoms with Crippen molar-refractivity contribution < 1.29 is 14.6 Å². The Morgan fingerprint density at radius 2 is 2.05 bits per heavy atom. The van der Waals surface area contributed by atoms with Crippen molar-refractivity contribution in [1.82, 2.24) is 4.98 Å². The van der Waals surface area contributed by atoms with Crippen LogP contribution in [-0.4, -0.2) is 16.1 Å². The lowest BCUT2D eigenvalue weighted by Crippen LogP contribution is -1.97. The van der Waals surface area contributed by atoms with Crippen molar-refractivity contribution in [3.63, 3.8) is 0 Å². The van der Waals surface area contributed by atoms with Crippen LogP contribution in [0.1, 0.15) is 15.9 Å². The molecule has 0 amide bonds. The highest BCUT2D eigenvalue weighted by Crippen LogP contribution is 2.20. The van der Waals surface area contributed by atoms with Crippen molar-refractivity contribution in [2.45, 2.75) is 6.42 Å². The Kier molecular flexibility index (Phi) is 3.74. The normalized spacial score (nSPS) is 9.63. The van der Waals surface area contributed by atoms with Gasteiger partial charge in [-0.3, -0.25) is 0 Å². The molecule has 0 spiro atoms. The fourth-order valence-electron chi connectivity index (χ4n) is 1.49. The van der Waals surface area contributed by atoms with Gasteiger partial charge in [-0.1, -0.05) is 12.1 Å². The second-order valence-electron chi connectivity index (χ2n) is 3.77. The number of aromatic carboxylic acids is 1. The SMILES string of the molecule is N#CCc1ccc(Oc2cc(C(=O)O)ccn2)cc1. The number of ether oxygens (including phenoxy) is 1. The summed E-state index contributed by atoms with van der Waals surface area (Å²) in [6, 6.07) is 11.8. The molecule has 0 saturated heterocycles. The first kappa shape index (κ1) is 12.6. The Balaban J connectivity index is 2.14. The zero-order valence-corrected chi connectivity index (χ0v) is 9.91. The Morgan fingerprint density at radius 3 is 2.68 bits per heavy atom. The number of rotatable bonds is 4. The third-order valence-electron chi connectivity index (χ3n) is 2.41. The van der Waals surface area contributed by atoms with E-state index in [1.54, 1.807) is 24.3 Å². The minimum atomic E-state index is -1.03. The highest BCUT2D eigenvalue weighted by molar-refractivity contribution is 5.87. The molecule has 1 aromatic carbocycles. The third kappa shape index (κ3) is 3.30. The van der Waals surface area contributed by atoms with E-state index in [9.17, 15) is 4.79 Å². The van der Waals surface area contributed by atoms with E-state index in [1.807, 2.05) is 0 Å². The van der Waals surface area contributed by atoms with Crippen molar-refractivity contribution in [3.8, 4) is 17.7 Å². The average molecular weight is 254 g/mol. The minimum absolute atomic E-state index is 0.117. The van der Waals surface area contributed by atoms with E-state index in [0.717, 1.165) is 5.56 Å². The number of nitriles is 1. The molecule has 0 atom stereocenters. The van der Waals surface area contributed by atoms with Gasteiger partial charge in [0.1, 0.15) is 5.75 Å². The highest BCUT2D eigenvalue weighted by Gasteiger charge is 2.05. The number of aromatic nitrogens is 1. The van der Waals surface area contributed by atoms with Crippen molar-refractivity contribution in [2.24, 2.45) is 0 Å². The number of pyridine rings is 1. The number of nitrogens with zero attached hydrogens (tertiary/aromatic N) is 2. The molecule has 0 unspecified atom stereocenters. The van der Waals surface area contributed by atoms with Crippen LogP contribution in [0.25, 0.3) is 0 Å². The highest BCUT2D eigenvalue weighted by atomic mass is 16.5. The van der Waals surface area contributed by atoms with Gasteiger partial charge in [0.05, 0.1) is 18.1 Å². The quantitative estimate of drug-likeness (QED) is 0.906. The molecule has 1 heterocycles. The summed E-state index contributed by atoms with van der Waals surface area (Å²) in [6.45, 7) is 0. The summed E-state index contributed by atoms with van der Waals surface area (Å²) in [5.41, 5.74) is 1.01. The lowest BCUT2D eigenvalue weighted by atomic mass is 10.2. The van der Waals surface area contributed by atoms with Crippen LogP contribution in [0.5, 0.6) is 11.6 Å². The Morgan fingerprint density at radius 1 is 1.32 bits per heavy atom. The van der Waals surface area contributed by atoms with Gasteiger partial charge in [-0.05, 0) is 23.8 Å². The predicted molar refractivity (Wildman–Crippen MR) is 67.0 cm³/mol. The summed E-state index contributed by atoms with van der Waals surface area (Å²) in [5, 5.41) is 17.4. The van der Waals surface area contributed by atoms with Gasteiger partial charge in [0.25, 0.3) is 0 Å². The van der Waals surface area contributed by atoms with Crippen LogP contribution in [0.4, 0.5) is 0 Å². The molecule has 2 rings (SSSR count). The Hall–Kier alpha value is -2.87. The molecular formula is C14H10N2O3. The van der Waals surface area contributed by atoms with E-state index >= 15 is 0 Å². The molecule has 2 aromatic rings. The Bertz CT molecular complexity index is 630. The van der Waals surface area contributed by atoms with Gasteiger partial charge in [0.2, 0.25) is 5.88 Å². The summed E-state index contributed by atoms with van der Waals surface area (Å²) in [5.74, 6) is -0.277. The van der Waals surface area contributed by atoms with Crippen LogP contribution in [0.15, 0.2) is 42.6 Å². The molecule has 0 aliphatic carbocycles. The Labute approximate surface area is 109 Å². The van der Waals surface area contributed by atoms with Gasteiger partial charge in [-0.2, -0.15) is 5.26 Å². The number of hydrogen-bond donors (Lipinski definition) is 1. The van der Waals surface area contributed by atoms with Gasteiger partial charge in [-0.25, -0.2) is 9.78 Å². The van der Waals surface area contributed by atoms with Gasteiger partial charge in [-0.15, -0.1) is 0 Å². The molecule has 0 fully saturated rings. The number of benzene rings is 1. The van der Waals surface area contributed by atoms with Crippen LogP contribution < -0.4 is 4.74 Å². The molecule has 0 aliphatic rings. The van der Waals surface area contributed by atoms with Crippen LogP contribution >= 0.6 is 0 Å². The first-order valence-corrected chi connectivity index (χ1v) is 5.52. The van der Waals surface area contributed by atoms with E-state index < -0.39 is 5.97 Å². The summed E-state index contributed by atoms with van der Waals surface area (Å²) in [6.07, 6.45) is 1.72. The predicted octanol–water partition coefficient (Wildman–Crippen LogP) is 2.64. The lowest BCUT2D eigenvalue weighted by Gasteiger charge is -2.05. The second-order valence-corrected chi connectivity index (χ2v) is 3.77. The van der Waals surface area contributed by atoms with Gasteiger partial charge in [0, 0.05) is 12.3 Å². The van der Waals surface area contributed by atoms with Gasteiger partial charge < -0.3 is 9.84 Å². The van der Waals surface area contributed by atoms with E-state index in [1.165, 1.54) is 18.3 Å². The van der Waals surface area contributed by atoms with Crippen molar-refractivity contribution in [3.05, 3.63) is 53.7 Å². The molecule has 0 saturated carbocycles. The number of carbonyl (C=O) groups is 1. The summed E-state index contributed by atoms with van der Waals surface area (Å²) >= 11 is 0. The maximum Gasteiger partial charge on any atom is 0.335 e. The largest absolute Gasteiger partial charge is 0.478 e. The average Bonchev–Trinajstić information content (AvgIpc) is 2.42. The smallest absolute Gasteiger partial charge is 0.335 e. The van der Waals surface area contributed by atoms with Crippen molar-refractivity contribution >= 4 is 5.97 Å². The molecule has 1 aromatic heterocycles. The van der Waals surface area contributed by atoms with Crippen molar-refractivity contribution in [2.75, 3.05) is 0 Å². The summed E-state index contributed by atoms with van der Waals surface area (Å²) in [4.78, 5) is 14.7. The molecule has 94 valence electrons. The van der Waals surface area contributed by atoms with Gasteiger partial charge in [0.15, 0.2) is 0 Å². The van der Waals surface area contributed by atoms with E-state index in [-0.39, 0.29) is 11.4 Å². The lowest BCUT2D eigenvalue weighted by molar-refractivity contribution is 0.0696. The van der Waals surface area contributed by atoms with E-state index in [0.29, 0.717) is 12.2 Å². The standard InChI is InChI=1S/C14H10N2O3/c15-7-5-10-1-3-12(4-2-10)19-13-9-11(14(17)18)6-8-16-13/h1-4,6,8-9H,5H2,(H,17,18). The first-order valence-electron chi connectivity index (χ1n) is 5.52. The maximum atomic E-state index is 10.8. The molecule has 19 heavy (non-hydrogen) atoms. The van der Waals surface area contributed by atoms with Gasteiger partial charge >= 0.3 is 5.97 Å². The number of carboxylic acids is 1. The van der Waals surface area contributed by atoms with Crippen LogP contribution in [0, 0.1) is 11.3 Å². The zero-order valence-electron chi connectivity index (χ0n) is 9.91. The van der Waals surface area contributed by atoms with Crippen LogP contribution in [-0.2, 0) is 6.42 Å². The topological polar surface area (TPSA) is 83.2 Å². The zero-order chi connectivity index (χ0) is 13.7. The van der Waals surface area contributed by atoms with E-state index in [2.05, 4.69) is 11.1 Å². The molecule has 0 bridgehead atoms. The van der Waals surface area contributed by atoms with E-state index in [4.69, 9.17) is 15.1 Å². The molecular weight excluding hydrogens is 244 g/mol. The van der Waals surface area contributed by atoms with Crippen molar-refractivity contribution in [1.29, 1.82) is 5.26 Å². The minimum Gasteiger partial charge on any atom is -0.478 e.